The minimum atomic E-state index is -0.431. The van der Waals surface area contributed by atoms with Crippen LogP contribution in [-0.4, -0.2) is 47.0 Å². The summed E-state index contributed by atoms with van der Waals surface area (Å²) in [5.41, 5.74) is 8.04. The van der Waals surface area contributed by atoms with Gasteiger partial charge < -0.3 is 10.6 Å². The molecule has 120 valence electrons. The number of nitrogens with zero attached hydrogens (tertiary/aromatic N) is 4. The van der Waals surface area contributed by atoms with Crippen molar-refractivity contribution in [3.8, 4) is 0 Å². The molecule has 0 spiro atoms. The van der Waals surface area contributed by atoms with Crippen LogP contribution in [0.1, 0.15) is 28.9 Å². The van der Waals surface area contributed by atoms with E-state index in [2.05, 4.69) is 32.8 Å². The summed E-state index contributed by atoms with van der Waals surface area (Å²) in [5.74, 6) is -0.431. The van der Waals surface area contributed by atoms with Crippen LogP contribution in [0.2, 0.25) is 0 Å². The van der Waals surface area contributed by atoms with Gasteiger partial charge in [0.1, 0.15) is 0 Å². The zero-order chi connectivity index (χ0) is 16.2. The number of anilines is 1. The molecule has 1 atom stereocenters. The van der Waals surface area contributed by atoms with Crippen LogP contribution in [-0.2, 0) is 0 Å². The molecule has 0 aliphatic carbocycles. The number of hydrogen-bond acceptors (Lipinski definition) is 5. The molecular formula is C17H21N5O. The van der Waals surface area contributed by atoms with Crippen molar-refractivity contribution in [3.05, 3.63) is 54.1 Å². The van der Waals surface area contributed by atoms with Gasteiger partial charge in [-0.15, -0.1) is 0 Å². The molecule has 6 heteroatoms. The number of piperazine rings is 1. The van der Waals surface area contributed by atoms with Crippen LogP contribution >= 0.6 is 0 Å². The first-order valence-corrected chi connectivity index (χ1v) is 7.79. The van der Waals surface area contributed by atoms with Gasteiger partial charge in [-0.25, -0.2) is 0 Å². The average Bonchev–Trinajstić information content (AvgIpc) is 2.62. The van der Waals surface area contributed by atoms with Crippen molar-refractivity contribution >= 4 is 11.6 Å². The van der Waals surface area contributed by atoms with Crippen LogP contribution in [0.25, 0.3) is 0 Å². The fourth-order valence-corrected chi connectivity index (χ4v) is 3.04. The van der Waals surface area contributed by atoms with Crippen molar-refractivity contribution in [2.75, 3.05) is 31.1 Å². The molecule has 0 radical (unpaired) electrons. The predicted molar refractivity (Wildman–Crippen MR) is 89.2 cm³/mol. The van der Waals surface area contributed by atoms with E-state index in [9.17, 15) is 4.79 Å². The van der Waals surface area contributed by atoms with Gasteiger partial charge in [0.05, 0.1) is 11.3 Å². The van der Waals surface area contributed by atoms with Gasteiger partial charge in [0.2, 0.25) is 0 Å². The maximum atomic E-state index is 11.6. The SMILES string of the molecule is CC(c1cccnc1)N1CCN(c2ccncc2C(N)=O)CC1. The van der Waals surface area contributed by atoms with Gasteiger partial charge in [0, 0.05) is 57.0 Å². The highest BCUT2D eigenvalue weighted by atomic mass is 16.1. The molecule has 1 unspecified atom stereocenters. The number of primary amides is 1. The summed E-state index contributed by atoms with van der Waals surface area (Å²) in [6.45, 7) is 5.77. The Morgan fingerprint density at radius 2 is 1.87 bits per heavy atom. The third-order valence-electron chi connectivity index (χ3n) is 4.43. The zero-order valence-electron chi connectivity index (χ0n) is 13.2. The molecule has 23 heavy (non-hydrogen) atoms. The maximum Gasteiger partial charge on any atom is 0.252 e. The first kappa shape index (κ1) is 15.4. The number of amides is 1. The summed E-state index contributed by atoms with van der Waals surface area (Å²) in [7, 11) is 0. The number of nitrogens with two attached hydrogens (primary N) is 1. The second kappa shape index (κ2) is 6.75. The second-order valence-electron chi connectivity index (χ2n) is 5.74. The molecule has 2 aromatic rings. The number of pyridine rings is 2. The second-order valence-corrected chi connectivity index (χ2v) is 5.74. The highest BCUT2D eigenvalue weighted by Crippen LogP contribution is 2.24. The molecule has 1 aliphatic rings. The van der Waals surface area contributed by atoms with Gasteiger partial charge in [-0.1, -0.05) is 6.07 Å². The van der Waals surface area contributed by atoms with Crippen molar-refractivity contribution in [2.45, 2.75) is 13.0 Å². The molecule has 3 rings (SSSR count). The first-order chi connectivity index (χ1) is 11.2. The van der Waals surface area contributed by atoms with Crippen LogP contribution in [0.15, 0.2) is 43.0 Å². The van der Waals surface area contributed by atoms with E-state index >= 15 is 0 Å². The van der Waals surface area contributed by atoms with E-state index in [1.54, 1.807) is 18.6 Å². The largest absolute Gasteiger partial charge is 0.368 e. The molecule has 0 saturated carbocycles. The van der Waals surface area contributed by atoms with Gasteiger partial charge in [0.15, 0.2) is 0 Å². The molecule has 0 aromatic carbocycles. The smallest absolute Gasteiger partial charge is 0.252 e. The van der Waals surface area contributed by atoms with Gasteiger partial charge in [-0.05, 0) is 24.6 Å². The van der Waals surface area contributed by atoms with E-state index in [0.717, 1.165) is 31.9 Å². The standard InChI is InChI=1S/C17H21N5O/c1-13(14-3-2-5-19-11-14)21-7-9-22(10-8-21)16-4-6-20-12-15(16)17(18)23/h2-6,11-13H,7-10H2,1H3,(H2,18,23). The van der Waals surface area contributed by atoms with Crippen molar-refractivity contribution < 1.29 is 4.79 Å². The highest BCUT2D eigenvalue weighted by Gasteiger charge is 2.24. The summed E-state index contributed by atoms with van der Waals surface area (Å²) >= 11 is 0. The van der Waals surface area contributed by atoms with Gasteiger partial charge in [0.25, 0.3) is 5.91 Å². The predicted octanol–water partition coefficient (Wildman–Crippen LogP) is 1.46. The summed E-state index contributed by atoms with van der Waals surface area (Å²) in [6, 6.07) is 6.27. The van der Waals surface area contributed by atoms with Gasteiger partial charge in [-0.3, -0.25) is 19.7 Å². The fourth-order valence-electron chi connectivity index (χ4n) is 3.04. The van der Waals surface area contributed by atoms with Crippen molar-refractivity contribution in [1.82, 2.24) is 14.9 Å². The van der Waals surface area contributed by atoms with E-state index in [4.69, 9.17) is 5.73 Å². The summed E-state index contributed by atoms with van der Waals surface area (Å²) in [4.78, 5) is 24.4. The normalized spacial score (nSPS) is 17.0. The summed E-state index contributed by atoms with van der Waals surface area (Å²) < 4.78 is 0. The lowest BCUT2D eigenvalue weighted by Crippen LogP contribution is -2.47. The van der Waals surface area contributed by atoms with Crippen LogP contribution < -0.4 is 10.6 Å². The lowest BCUT2D eigenvalue weighted by molar-refractivity contribution is 0.1000. The number of carbonyl (C=O) groups excluding carboxylic acids is 1. The number of aromatic nitrogens is 2. The summed E-state index contributed by atoms with van der Waals surface area (Å²) in [6.07, 6.45) is 6.96. The van der Waals surface area contributed by atoms with Gasteiger partial charge in [-0.2, -0.15) is 0 Å². The lowest BCUT2D eigenvalue weighted by Gasteiger charge is -2.39. The molecule has 3 heterocycles. The topological polar surface area (TPSA) is 75.3 Å². The van der Waals surface area contributed by atoms with Gasteiger partial charge >= 0.3 is 0 Å². The van der Waals surface area contributed by atoms with Crippen LogP contribution in [0.3, 0.4) is 0 Å². The third-order valence-corrected chi connectivity index (χ3v) is 4.43. The molecule has 6 nitrogen and oxygen atoms in total. The highest BCUT2D eigenvalue weighted by molar-refractivity contribution is 5.98. The van der Waals surface area contributed by atoms with E-state index in [1.165, 1.54) is 5.56 Å². The van der Waals surface area contributed by atoms with Crippen molar-refractivity contribution in [2.24, 2.45) is 5.73 Å². The van der Waals surface area contributed by atoms with E-state index in [1.807, 2.05) is 18.3 Å². The van der Waals surface area contributed by atoms with Crippen molar-refractivity contribution in [1.29, 1.82) is 0 Å². The van der Waals surface area contributed by atoms with Crippen molar-refractivity contribution in [3.63, 3.8) is 0 Å². The van der Waals surface area contributed by atoms with Crippen LogP contribution in [0.5, 0.6) is 0 Å². The number of carbonyl (C=O) groups is 1. The van der Waals surface area contributed by atoms with E-state index in [-0.39, 0.29) is 0 Å². The Labute approximate surface area is 135 Å². The first-order valence-electron chi connectivity index (χ1n) is 7.79. The fraction of sp³-hybridized carbons (Fsp3) is 0.353. The quantitative estimate of drug-likeness (QED) is 0.925. The Morgan fingerprint density at radius 1 is 1.13 bits per heavy atom. The molecule has 1 aliphatic heterocycles. The molecule has 2 aromatic heterocycles. The molecule has 1 amide bonds. The Balaban J connectivity index is 1.68. The molecule has 1 fully saturated rings. The summed E-state index contributed by atoms with van der Waals surface area (Å²) in [5, 5.41) is 0. The Hall–Kier alpha value is -2.47. The monoisotopic (exact) mass is 311 g/mol. The van der Waals surface area contributed by atoms with Crippen LogP contribution in [0, 0.1) is 0 Å². The Bertz CT molecular complexity index is 668. The zero-order valence-corrected chi connectivity index (χ0v) is 13.2. The molecule has 2 N–H and O–H groups in total. The number of hydrogen-bond donors (Lipinski definition) is 1. The third kappa shape index (κ3) is 3.32. The molecule has 0 bridgehead atoms. The molecular weight excluding hydrogens is 290 g/mol. The minimum Gasteiger partial charge on any atom is -0.368 e. The average molecular weight is 311 g/mol. The van der Waals surface area contributed by atoms with E-state index < -0.39 is 5.91 Å². The molecule has 1 saturated heterocycles. The van der Waals surface area contributed by atoms with E-state index in [0.29, 0.717) is 11.6 Å². The Kier molecular flexibility index (Phi) is 4.52. The number of rotatable bonds is 4. The maximum absolute atomic E-state index is 11.6. The lowest BCUT2D eigenvalue weighted by atomic mass is 10.1. The Morgan fingerprint density at radius 3 is 2.52 bits per heavy atom. The minimum absolute atomic E-state index is 0.332. The van der Waals surface area contributed by atoms with Crippen LogP contribution in [0.4, 0.5) is 5.69 Å².